The zero-order valence-electron chi connectivity index (χ0n) is 11.2. The van der Waals surface area contributed by atoms with Gasteiger partial charge >= 0.3 is 5.97 Å². The normalized spacial score (nSPS) is 17.7. The predicted octanol–water partition coefficient (Wildman–Crippen LogP) is 3.37. The van der Waals surface area contributed by atoms with Crippen molar-refractivity contribution in [1.29, 1.82) is 0 Å². The third kappa shape index (κ3) is 2.83. The fraction of sp³-hybridized carbons (Fsp3) is 0.692. The lowest BCUT2D eigenvalue weighted by Gasteiger charge is -2.24. The molecule has 0 radical (unpaired) electrons. The SMILES string of the molecule is CCOC(=O)c1nc(NC2(C)CCCC2)sc1C. The Morgan fingerprint density at radius 2 is 2.17 bits per heavy atom. The third-order valence-corrected chi connectivity index (χ3v) is 4.27. The highest BCUT2D eigenvalue weighted by molar-refractivity contribution is 7.15. The first-order valence-corrected chi connectivity index (χ1v) is 7.28. The summed E-state index contributed by atoms with van der Waals surface area (Å²) in [5.41, 5.74) is 0.585. The summed E-state index contributed by atoms with van der Waals surface area (Å²) >= 11 is 1.53. The fourth-order valence-electron chi connectivity index (χ4n) is 2.38. The van der Waals surface area contributed by atoms with Gasteiger partial charge in [0.15, 0.2) is 10.8 Å². The molecule has 1 heterocycles. The lowest BCUT2D eigenvalue weighted by atomic mass is 10.0. The third-order valence-electron chi connectivity index (χ3n) is 3.38. The van der Waals surface area contributed by atoms with Crippen LogP contribution in [0.3, 0.4) is 0 Å². The van der Waals surface area contributed by atoms with E-state index in [2.05, 4.69) is 17.2 Å². The van der Waals surface area contributed by atoms with Gasteiger partial charge in [-0.2, -0.15) is 0 Å². The van der Waals surface area contributed by atoms with Crippen LogP contribution in [-0.2, 0) is 4.74 Å². The van der Waals surface area contributed by atoms with Crippen molar-refractivity contribution in [3.05, 3.63) is 10.6 Å². The molecule has 1 aliphatic rings. The summed E-state index contributed by atoms with van der Waals surface area (Å²) in [7, 11) is 0. The van der Waals surface area contributed by atoms with Crippen molar-refractivity contribution in [3.63, 3.8) is 0 Å². The number of aromatic nitrogens is 1. The van der Waals surface area contributed by atoms with Crippen molar-refractivity contribution in [1.82, 2.24) is 4.98 Å². The van der Waals surface area contributed by atoms with Crippen molar-refractivity contribution in [2.45, 2.75) is 52.0 Å². The molecule has 0 unspecified atom stereocenters. The molecule has 0 aromatic carbocycles. The summed E-state index contributed by atoms with van der Waals surface area (Å²) < 4.78 is 4.99. The first-order valence-electron chi connectivity index (χ1n) is 6.47. The van der Waals surface area contributed by atoms with E-state index in [-0.39, 0.29) is 11.5 Å². The molecular formula is C13H20N2O2S. The van der Waals surface area contributed by atoms with Gasteiger partial charge in [-0.3, -0.25) is 0 Å². The van der Waals surface area contributed by atoms with Crippen LogP contribution in [0.5, 0.6) is 0 Å². The van der Waals surface area contributed by atoms with Crippen LogP contribution in [0.2, 0.25) is 0 Å². The molecule has 2 rings (SSSR count). The molecule has 0 spiro atoms. The molecule has 0 aliphatic heterocycles. The van der Waals surface area contributed by atoms with Crippen LogP contribution in [0.4, 0.5) is 5.13 Å². The molecule has 1 N–H and O–H groups in total. The molecule has 0 bridgehead atoms. The molecule has 1 fully saturated rings. The maximum Gasteiger partial charge on any atom is 0.358 e. The summed E-state index contributed by atoms with van der Waals surface area (Å²) in [6.07, 6.45) is 4.86. The van der Waals surface area contributed by atoms with E-state index in [4.69, 9.17) is 4.74 Å². The van der Waals surface area contributed by atoms with Gasteiger partial charge < -0.3 is 10.1 Å². The minimum absolute atomic E-state index is 0.135. The summed E-state index contributed by atoms with van der Waals surface area (Å²) in [6, 6.07) is 0. The van der Waals surface area contributed by atoms with Crippen molar-refractivity contribution in [2.75, 3.05) is 11.9 Å². The van der Waals surface area contributed by atoms with Crippen LogP contribution in [0, 0.1) is 6.92 Å². The number of anilines is 1. The number of carbonyl (C=O) groups excluding carboxylic acids is 1. The zero-order valence-corrected chi connectivity index (χ0v) is 12.0. The molecule has 100 valence electrons. The first-order chi connectivity index (χ1) is 8.54. The van der Waals surface area contributed by atoms with Gasteiger partial charge in [-0.05, 0) is 33.6 Å². The monoisotopic (exact) mass is 268 g/mol. The average molecular weight is 268 g/mol. The van der Waals surface area contributed by atoms with E-state index >= 15 is 0 Å². The van der Waals surface area contributed by atoms with Gasteiger partial charge in [0.25, 0.3) is 0 Å². The molecule has 1 aliphatic carbocycles. The highest BCUT2D eigenvalue weighted by atomic mass is 32.1. The second-order valence-corrected chi connectivity index (χ2v) is 6.24. The van der Waals surface area contributed by atoms with Gasteiger partial charge in [0.1, 0.15) is 0 Å². The maximum atomic E-state index is 11.7. The number of nitrogens with one attached hydrogen (secondary N) is 1. The van der Waals surface area contributed by atoms with Gasteiger partial charge in [-0.1, -0.05) is 12.8 Å². The van der Waals surface area contributed by atoms with E-state index in [1.165, 1.54) is 37.0 Å². The topological polar surface area (TPSA) is 51.2 Å². The van der Waals surface area contributed by atoms with E-state index in [1.807, 2.05) is 6.92 Å². The number of rotatable bonds is 4. The van der Waals surface area contributed by atoms with Gasteiger partial charge in [-0.15, -0.1) is 11.3 Å². The second-order valence-electron chi connectivity index (χ2n) is 5.04. The smallest absolute Gasteiger partial charge is 0.358 e. The van der Waals surface area contributed by atoms with Crippen LogP contribution in [0.1, 0.15) is 54.9 Å². The highest BCUT2D eigenvalue weighted by Crippen LogP contribution is 2.34. The van der Waals surface area contributed by atoms with Crippen molar-refractivity contribution >= 4 is 22.4 Å². The summed E-state index contributed by atoms with van der Waals surface area (Å²) in [5.74, 6) is -0.323. The minimum Gasteiger partial charge on any atom is -0.461 e. The van der Waals surface area contributed by atoms with Crippen molar-refractivity contribution in [3.8, 4) is 0 Å². The Kier molecular flexibility index (Phi) is 3.90. The molecule has 0 atom stereocenters. The Bertz CT molecular complexity index is 436. The van der Waals surface area contributed by atoms with E-state index in [0.717, 1.165) is 10.0 Å². The van der Waals surface area contributed by atoms with Crippen LogP contribution in [-0.4, -0.2) is 23.1 Å². The Hall–Kier alpha value is -1.10. The fourth-order valence-corrected chi connectivity index (χ4v) is 3.33. The molecule has 1 aromatic heterocycles. The lowest BCUT2D eigenvalue weighted by Crippen LogP contribution is -2.30. The standard InChI is InChI=1S/C13H20N2O2S/c1-4-17-11(16)10-9(2)18-12(14-10)15-13(3)7-5-6-8-13/h4-8H2,1-3H3,(H,14,15). The van der Waals surface area contributed by atoms with Crippen LogP contribution < -0.4 is 5.32 Å². The van der Waals surface area contributed by atoms with E-state index in [1.54, 1.807) is 6.92 Å². The molecule has 1 aromatic rings. The first kappa shape index (κ1) is 13.3. The van der Waals surface area contributed by atoms with Crippen LogP contribution in [0.15, 0.2) is 0 Å². The Labute approximate surface area is 112 Å². The molecule has 0 amide bonds. The number of esters is 1. The molecule has 1 saturated carbocycles. The summed E-state index contributed by atoms with van der Waals surface area (Å²) in [5, 5.41) is 4.31. The number of nitrogens with zero attached hydrogens (tertiary/aromatic N) is 1. The van der Waals surface area contributed by atoms with Crippen molar-refractivity contribution in [2.24, 2.45) is 0 Å². The van der Waals surface area contributed by atoms with Gasteiger partial charge in [0.05, 0.1) is 6.61 Å². The summed E-state index contributed by atoms with van der Waals surface area (Å²) in [4.78, 5) is 17.0. The number of carbonyl (C=O) groups is 1. The zero-order chi connectivity index (χ0) is 13.2. The van der Waals surface area contributed by atoms with E-state index in [9.17, 15) is 4.79 Å². The number of ether oxygens (including phenoxy) is 1. The molecule has 18 heavy (non-hydrogen) atoms. The number of aryl methyl sites for hydroxylation is 1. The van der Waals surface area contributed by atoms with Crippen LogP contribution >= 0.6 is 11.3 Å². The number of hydrogen-bond acceptors (Lipinski definition) is 5. The second kappa shape index (κ2) is 5.26. The quantitative estimate of drug-likeness (QED) is 0.851. The number of hydrogen-bond donors (Lipinski definition) is 1. The highest BCUT2D eigenvalue weighted by Gasteiger charge is 2.30. The molecule has 5 heteroatoms. The average Bonchev–Trinajstić information content (AvgIpc) is 2.86. The van der Waals surface area contributed by atoms with Gasteiger partial charge in [-0.25, -0.2) is 9.78 Å². The maximum absolute atomic E-state index is 11.7. The molecule has 4 nitrogen and oxygen atoms in total. The Balaban J connectivity index is 2.11. The summed E-state index contributed by atoms with van der Waals surface area (Å²) in [6.45, 7) is 6.32. The largest absolute Gasteiger partial charge is 0.461 e. The van der Waals surface area contributed by atoms with Gasteiger partial charge in [0.2, 0.25) is 0 Å². The lowest BCUT2D eigenvalue weighted by molar-refractivity contribution is 0.0519. The van der Waals surface area contributed by atoms with Gasteiger partial charge in [0, 0.05) is 10.4 Å². The van der Waals surface area contributed by atoms with E-state index in [0.29, 0.717) is 12.3 Å². The molecule has 0 saturated heterocycles. The van der Waals surface area contributed by atoms with Crippen LogP contribution in [0.25, 0.3) is 0 Å². The Morgan fingerprint density at radius 3 is 2.78 bits per heavy atom. The van der Waals surface area contributed by atoms with E-state index < -0.39 is 0 Å². The minimum atomic E-state index is -0.323. The van der Waals surface area contributed by atoms with Crippen molar-refractivity contribution < 1.29 is 9.53 Å². The number of thiazole rings is 1. The molecular weight excluding hydrogens is 248 g/mol. The predicted molar refractivity (Wildman–Crippen MR) is 73.3 cm³/mol. The Morgan fingerprint density at radius 1 is 1.50 bits per heavy atom.